The van der Waals surface area contributed by atoms with Crippen LogP contribution < -0.4 is 9.80 Å². The maximum absolute atomic E-state index is 13.2. The van der Waals surface area contributed by atoms with Gasteiger partial charge in [-0.25, -0.2) is 4.98 Å². The van der Waals surface area contributed by atoms with Gasteiger partial charge in [-0.05, 0) is 12.8 Å². The molecule has 0 unspecified atom stereocenters. The van der Waals surface area contributed by atoms with E-state index < -0.39 is 11.9 Å². The van der Waals surface area contributed by atoms with Gasteiger partial charge in [-0.15, -0.1) is 5.10 Å². The van der Waals surface area contributed by atoms with E-state index >= 15 is 0 Å². The van der Waals surface area contributed by atoms with Crippen LogP contribution in [-0.4, -0.2) is 61.9 Å². The van der Waals surface area contributed by atoms with Crippen LogP contribution in [0.3, 0.4) is 0 Å². The van der Waals surface area contributed by atoms with Crippen molar-refractivity contribution in [3.05, 3.63) is 23.9 Å². The molecule has 4 heterocycles. The molecule has 3 aromatic rings. The summed E-state index contributed by atoms with van der Waals surface area (Å²) >= 11 is 0. The highest BCUT2D eigenvalue weighted by atomic mass is 19.4. The van der Waals surface area contributed by atoms with Gasteiger partial charge in [0.05, 0.1) is 0 Å². The van der Waals surface area contributed by atoms with Crippen molar-refractivity contribution in [2.45, 2.75) is 24.9 Å². The lowest BCUT2D eigenvalue weighted by Gasteiger charge is -2.32. The lowest BCUT2D eigenvalue weighted by atomic mass is 9.96. The number of nitrogens with one attached hydrogen (secondary N) is 1. The van der Waals surface area contributed by atoms with E-state index in [1.165, 1.54) is 10.8 Å². The van der Waals surface area contributed by atoms with Crippen molar-refractivity contribution in [3.8, 4) is 0 Å². The van der Waals surface area contributed by atoms with Crippen LogP contribution in [0, 0.1) is 0 Å². The fourth-order valence-electron chi connectivity index (χ4n) is 3.20. The number of hydrogen-bond donors (Lipinski definition) is 1. The van der Waals surface area contributed by atoms with Crippen LogP contribution in [0.15, 0.2) is 12.4 Å². The van der Waals surface area contributed by atoms with Crippen LogP contribution in [0.1, 0.15) is 30.3 Å². The van der Waals surface area contributed by atoms with E-state index in [-0.39, 0.29) is 11.7 Å². The van der Waals surface area contributed by atoms with Crippen molar-refractivity contribution in [2.24, 2.45) is 0 Å². The summed E-state index contributed by atoms with van der Waals surface area (Å²) in [7, 11) is 3.72. The first-order valence-electron chi connectivity index (χ1n) is 8.45. The predicted octanol–water partition coefficient (Wildman–Crippen LogP) is 1.71. The van der Waals surface area contributed by atoms with Crippen molar-refractivity contribution in [1.82, 2.24) is 34.8 Å². The Morgan fingerprint density at radius 3 is 2.56 bits per heavy atom. The van der Waals surface area contributed by atoms with E-state index in [4.69, 9.17) is 0 Å². The van der Waals surface area contributed by atoms with Crippen LogP contribution in [-0.2, 0) is 6.18 Å². The Hall–Kier alpha value is -2.92. The number of fused-ring (bicyclic) bond motifs is 1. The molecule has 0 amide bonds. The highest BCUT2D eigenvalue weighted by Gasteiger charge is 2.35. The predicted molar refractivity (Wildman–Crippen MR) is 90.7 cm³/mol. The minimum atomic E-state index is -4.54. The average Bonchev–Trinajstić information content (AvgIpc) is 3.29. The molecule has 27 heavy (non-hydrogen) atoms. The number of hydrogen-bond acceptors (Lipinski definition) is 7. The molecule has 9 nitrogen and oxygen atoms in total. The number of anilines is 2. The number of nitrogens with zero attached hydrogens (tertiary/aromatic N) is 8. The van der Waals surface area contributed by atoms with Crippen molar-refractivity contribution in [1.29, 1.82) is 0 Å². The lowest BCUT2D eigenvalue weighted by Crippen LogP contribution is -2.35. The summed E-state index contributed by atoms with van der Waals surface area (Å²) in [5, 5.41) is 11.1. The van der Waals surface area contributed by atoms with Gasteiger partial charge in [0.15, 0.2) is 5.69 Å². The largest absolute Gasteiger partial charge is 0.433 e. The lowest BCUT2D eigenvalue weighted by molar-refractivity contribution is -0.141. The van der Waals surface area contributed by atoms with Crippen molar-refractivity contribution >= 4 is 17.5 Å². The van der Waals surface area contributed by atoms with Gasteiger partial charge in [0, 0.05) is 39.2 Å². The minimum Gasteiger partial charge on any atom is -0.356 e. The maximum atomic E-state index is 13.2. The first kappa shape index (κ1) is 17.5. The highest BCUT2D eigenvalue weighted by molar-refractivity contribution is 5.48. The standard InChI is InChI=1S/C15H18F3N9/c1-25(2)14-22-12(23-24-14)9-3-5-26(6-4-9)11-7-10(15(16,17)18)21-13-19-8-20-27(11)13/h7-9H,3-6H2,1-2H3,(H,22,23,24). The monoisotopic (exact) mass is 381 g/mol. The van der Waals surface area contributed by atoms with E-state index in [9.17, 15) is 13.2 Å². The van der Waals surface area contributed by atoms with Crippen LogP contribution in [0.2, 0.25) is 0 Å². The quantitative estimate of drug-likeness (QED) is 0.738. The minimum absolute atomic E-state index is 0.0622. The third kappa shape index (κ3) is 3.26. The zero-order chi connectivity index (χ0) is 19.2. The molecule has 0 saturated carbocycles. The Morgan fingerprint density at radius 1 is 1.19 bits per heavy atom. The smallest absolute Gasteiger partial charge is 0.356 e. The summed E-state index contributed by atoms with van der Waals surface area (Å²) in [5.41, 5.74) is -0.967. The maximum Gasteiger partial charge on any atom is 0.433 e. The molecule has 0 aromatic carbocycles. The summed E-state index contributed by atoms with van der Waals surface area (Å²) in [6, 6.07) is 1.03. The Kier molecular flexibility index (Phi) is 4.12. The Bertz CT molecular complexity index is 938. The molecule has 1 N–H and O–H groups in total. The molecule has 0 spiro atoms. The van der Waals surface area contributed by atoms with E-state index in [2.05, 4.69) is 30.2 Å². The summed E-state index contributed by atoms with van der Waals surface area (Å²) in [5.74, 6) is 1.87. The molecule has 3 aromatic heterocycles. The van der Waals surface area contributed by atoms with Gasteiger partial charge in [0.2, 0.25) is 5.95 Å². The summed E-state index contributed by atoms with van der Waals surface area (Å²) in [6.45, 7) is 1.14. The van der Waals surface area contributed by atoms with E-state index in [1.54, 1.807) is 0 Å². The van der Waals surface area contributed by atoms with E-state index in [0.29, 0.717) is 24.9 Å². The zero-order valence-corrected chi connectivity index (χ0v) is 14.8. The average molecular weight is 381 g/mol. The summed E-state index contributed by atoms with van der Waals surface area (Å²) in [6.07, 6.45) is -1.86. The van der Waals surface area contributed by atoms with E-state index in [1.807, 2.05) is 23.9 Å². The molecule has 0 bridgehead atoms. The second-order valence-corrected chi connectivity index (χ2v) is 6.65. The SMILES string of the molecule is CN(C)c1n[nH]c(C2CCN(c3cc(C(F)(F)F)nc4ncnn34)CC2)n1. The summed E-state index contributed by atoms with van der Waals surface area (Å²) in [4.78, 5) is 15.5. The molecule has 4 rings (SSSR count). The van der Waals surface area contributed by atoms with Crippen molar-refractivity contribution in [3.63, 3.8) is 0 Å². The van der Waals surface area contributed by atoms with Gasteiger partial charge in [-0.2, -0.15) is 32.8 Å². The molecule has 1 saturated heterocycles. The molecule has 0 atom stereocenters. The number of aromatic amines is 1. The molecular formula is C15H18F3N9. The van der Waals surface area contributed by atoms with Gasteiger partial charge in [0.1, 0.15) is 18.0 Å². The zero-order valence-electron chi connectivity index (χ0n) is 14.8. The number of rotatable bonds is 3. The molecule has 0 aliphatic carbocycles. The van der Waals surface area contributed by atoms with Gasteiger partial charge in [-0.3, -0.25) is 5.10 Å². The van der Waals surface area contributed by atoms with E-state index in [0.717, 1.165) is 24.7 Å². The van der Waals surface area contributed by atoms with Gasteiger partial charge in [0.25, 0.3) is 5.78 Å². The summed E-state index contributed by atoms with van der Waals surface area (Å²) < 4.78 is 40.8. The van der Waals surface area contributed by atoms with Crippen molar-refractivity contribution < 1.29 is 13.2 Å². The molecule has 144 valence electrons. The number of piperidine rings is 1. The second-order valence-electron chi connectivity index (χ2n) is 6.65. The molecule has 1 aliphatic rings. The molecular weight excluding hydrogens is 363 g/mol. The van der Waals surface area contributed by atoms with Gasteiger partial charge < -0.3 is 9.80 Å². The van der Waals surface area contributed by atoms with Crippen LogP contribution in [0.25, 0.3) is 5.78 Å². The van der Waals surface area contributed by atoms with Crippen LogP contribution in [0.5, 0.6) is 0 Å². The number of halogens is 3. The van der Waals surface area contributed by atoms with Crippen LogP contribution >= 0.6 is 0 Å². The number of alkyl halides is 3. The number of H-pyrrole nitrogens is 1. The Labute approximate surface area is 152 Å². The Morgan fingerprint density at radius 2 is 1.93 bits per heavy atom. The van der Waals surface area contributed by atoms with Crippen LogP contribution in [0.4, 0.5) is 24.9 Å². The second kappa shape index (κ2) is 6.35. The fourth-order valence-corrected chi connectivity index (χ4v) is 3.20. The molecule has 1 fully saturated rings. The third-order valence-corrected chi connectivity index (χ3v) is 4.62. The number of aromatic nitrogens is 7. The molecule has 1 aliphatic heterocycles. The van der Waals surface area contributed by atoms with Gasteiger partial charge >= 0.3 is 6.18 Å². The molecule has 12 heteroatoms. The normalized spacial score (nSPS) is 16.3. The molecule has 0 radical (unpaired) electrons. The topological polar surface area (TPSA) is 91.1 Å². The first-order valence-corrected chi connectivity index (χ1v) is 8.45. The van der Waals surface area contributed by atoms with Crippen molar-refractivity contribution in [2.75, 3.05) is 37.0 Å². The first-order chi connectivity index (χ1) is 12.8. The highest BCUT2D eigenvalue weighted by Crippen LogP contribution is 2.33. The fraction of sp³-hybridized carbons (Fsp3) is 0.533. The van der Waals surface area contributed by atoms with Gasteiger partial charge in [-0.1, -0.05) is 0 Å². The Balaban J connectivity index is 1.56. The third-order valence-electron chi connectivity index (χ3n) is 4.62.